The predicted octanol–water partition coefficient (Wildman–Crippen LogP) is 7.51. The Morgan fingerprint density at radius 2 is 1.16 bits per heavy atom. The number of phenolic OH excluding ortho intramolecular Hbond substituents is 1. The lowest BCUT2D eigenvalue weighted by Gasteiger charge is -2.28. The van der Waals surface area contributed by atoms with Crippen LogP contribution in [-0.2, 0) is 10.8 Å². The van der Waals surface area contributed by atoms with Gasteiger partial charge in [-0.05, 0) is 23.0 Å². The Labute approximate surface area is 191 Å². The third-order valence-electron chi connectivity index (χ3n) is 5.85. The summed E-state index contributed by atoms with van der Waals surface area (Å²) in [4.78, 5) is 4.85. The second-order valence-electron chi connectivity index (χ2n) is 10.4. The number of aromatic hydroxyl groups is 1. The minimum absolute atomic E-state index is 0.199. The maximum Gasteiger partial charge on any atom is 0.123 e. The Bertz CT molecular complexity index is 1190. The van der Waals surface area contributed by atoms with Crippen molar-refractivity contribution in [1.82, 2.24) is 9.55 Å². The topological polar surface area (TPSA) is 38.0 Å². The molecule has 0 bridgehead atoms. The van der Waals surface area contributed by atoms with E-state index in [9.17, 15) is 5.11 Å². The van der Waals surface area contributed by atoms with Gasteiger partial charge in [0, 0.05) is 27.9 Å². The molecule has 1 heterocycles. The number of imidazole rings is 1. The SMILES string of the molecule is CC(C)(C)c1cc(-n2cnc(-c3ccccc3)c2-c2ccccc2)cc(C(C)(C)C)c1O. The molecule has 0 saturated carbocycles. The second-order valence-corrected chi connectivity index (χ2v) is 10.4. The average Bonchev–Trinajstić information content (AvgIpc) is 3.18. The number of aromatic nitrogens is 2. The molecule has 0 aliphatic carbocycles. The fraction of sp³-hybridized carbons (Fsp3) is 0.276. The summed E-state index contributed by atoms with van der Waals surface area (Å²) in [5, 5.41) is 11.2. The highest BCUT2D eigenvalue weighted by atomic mass is 16.3. The fourth-order valence-electron chi connectivity index (χ4n) is 4.13. The Morgan fingerprint density at radius 3 is 1.62 bits per heavy atom. The van der Waals surface area contributed by atoms with Crippen molar-refractivity contribution in [2.75, 3.05) is 0 Å². The lowest BCUT2D eigenvalue weighted by Crippen LogP contribution is -2.18. The second kappa shape index (κ2) is 7.98. The Balaban J connectivity index is 2.04. The van der Waals surface area contributed by atoms with Gasteiger partial charge in [-0.3, -0.25) is 4.57 Å². The average molecular weight is 425 g/mol. The lowest BCUT2D eigenvalue weighted by molar-refractivity contribution is 0.423. The van der Waals surface area contributed by atoms with Crippen molar-refractivity contribution in [2.24, 2.45) is 0 Å². The van der Waals surface area contributed by atoms with E-state index >= 15 is 0 Å². The van der Waals surface area contributed by atoms with Gasteiger partial charge in [0.05, 0.1) is 11.4 Å². The fourth-order valence-corrected chi connectivity index (χ4v) is 4.13. The van der Waals surface area contributed by atoms with Crippen molar-refractivity contribution >= 4 is 0 Å². The van der Waals surface area contributed by atoms with Crippen LogP contribution < -0.4 is 0 Å². The van der Waals surface area contributed by atoms with Gasteiger partial charge >= 0.3 is 0 Å². The van der Waals surface area contributed by atoms with E-state index in [4.69, 9.17) is 4.98 Å². The molecule has 164 valence electrons. The third-order valence-corrected chi connectivity index (χ3v) is 5.85. The Hall–Kier alpha value is -3.33. The van der Waals surface area contributed by atoms with Crippen LogP contribution in [0.15, 0.2) is 79.1 Å². The maximum absolute atomic E-state index is 11.2. The van der Waals surface area contributed by atoms with Crippen LogP contribution in [0.5, 0.6) is 5.75 Å². The number of rotatable bonds is 3. The minimum Gasteiger partial charge on any atom is -0.507 e. The molecule has 3 aromatic carbocycles. The summed E-state index contributed by atoms with van der Waals surface area (Å²) < 4.78 is 2.15. The van der Waals surface area contributed by atoms with Gasteiger partial charge in [0.1, 0.15) is 12.1 Å². The normalized spacial score (nSPS) is 12.2. The summed E-state index contributed by atoms with van der Waals surface area (Å²) in [6.07, 6.45) is 1.90. The molecule has 0 amide bonds. The van der Waals surface area contributed by atoms with Gasteiger partial charge in [-0.25, -0.2) is 4.98 Å². The van der Waals surface area contributed by atoms with E-state index in [1.54, 1.807) is 0 Å². The van der Waals surface area contributed by atoms with Gasteiger partial charge in [-0.15, -0.1) is 0 Å². The molecule has 0 atom stereocenters. The summed E-state index contributed by atoms with van der Waals surface area (Å²) in [7, 11) is 0. The van der Waals surface area contributed by atoms with Gasteiger partial charge in [0.2, 0.25) is 0 Å². The third kappa shape index (κ3) is 4.08. The molecule has 0 spiro atoms. The van der Waals surface area contributed by atoms with Crippen molar-refractivity contribution in [3.63, 3.8) is 0 Å². The first-order chi connectivity index (χ1) is 15.1. The Morgan fingerprint density at radius 1 is 0.688 bits per heavy atom. The first kappa shape index (κ1) is 21.9. The van der Waals surface area contributed by atoms with Gasteiger partial charge in [-0.1, -0.05) is 102 Å². The van der Waals surface area contributed by atoms with Crippen LogP contribution >= 0.6 is 0 Å². The molecule has 0 aliphatic rings. The molecular weight excluding hydrogens is 392 g/mol. The quantitative estimate of drug-likeness (QED) is 0.369. The van der Waals surface area contributed by atoms with Crippen molar-refractivity contribution in [3.8, 4) is 34.0 Å². The molecule has 1 aromatic heterocycles. The molecule has 4 aromatic rings. The van der Waals surface area contributed by atoms with Gasteiger partial charge in [-0.2, -0.15) is 0 Å². The van der Waals surface area contributed by atoms with E-state index in [2.05, 4.69) is 94.6 Å². The molecule has 0 radical (unpaired) electrons. The van der Waals surface area contributed by atoms with Gasteiger partial charge in [0.15, 0.2) is 0 Å². The summed E-state index contributed by atoms with van der Waals surface area (Å²) in [6.45, 7) is 12.8. The van der Waals surface area contributed by atoms with Crippen LogP contribution in [0.1, 0.15) is 52.7 Å². The molecule has 0 aliphatic heterocycles. The monoisotopic (exact) mass is 424 g/mol. The minimum atomic E-state index is -0.199. The molecular formula is C29H32N2O. The number of hydrogen-bond donors (Lipinski definition) is 1. The number of hydrogen-bond acceptors (Lipinski definition) is 2. The standard InChI is InChI=1S/C29H32N2O/c1-28(2,3)23-17-22(18-24(27(23)32)29(4,5)6)31-19-30-25(20-13-9-7-10-14-20)26(31)21-15-11-8-12-16-21/h7-19,32H,1-6H3. The molecule has 4 rings (SSSR count). The van der Waals surface area contributed by atoms with Gasteiger partial charge in [0.25, 0.3) is 0 Å². The highest BCUT2D eigenvalue weighted by Crippen LogP contribution is 2.42. The molecule has 3 nitrogen and oxygen atoms in total. The van der Waals surface area contributed by atoms with Crippen LogP contribution in [0.25, 0.3) is 28.2 Å². The summed E-state index contributed by atoms with van der Waals surface area (Å²) >= 11 is 0. The maximum atomic E-state index is 11.2. The summed E-state index contributed by atoms with van der Waals surface area (Å²) in [6, 6.07) is 24.9. The van der Waals surface area contributed by atoms with E-state index in [0.29, 0.717) is 5.75 Å². The molecule has 0 unspecified atom stereocenters. The van der Waals surface area contributed by atoms with E-state index in [1.807, 2.05) is 30.6 Å². The largest absolute Gasteiger partial charge is 0.507 e. The highest BCUT2D eigenvalue weighted by molar-refractivity contribution is 5.80. The predicted molar refractivity (Wildman–Crippen MR) is 134 cm³/mol. The van der Waals surface area contributed by atoms with Crippen molar-refractivity contribution < 1.29 is 5.11 Å². The van der Waals surface area contributed by atoms with Crippen LogP contribution in [0.4, 0.5) is 0 Å². The van der Waals surface area contributed by atoms with Crippen LogP contribution in [0.2, 0.25) is 0 Å². The van der Waals surface area contributed by atoms with Gasteiger partial charge < -0.3 is 5.11 Å². The molecule has 0 fully saturated rings. The summed E-state index contributed by atoms with van der Waals surface area (Å²) in [5.41, 5.74) is 6.66. The first-order valence-corrected chi connectivity index (χ1v) is 11.1. The number of nitrogens with zero attached hydrogens (tertiary/aromatic N) is 2. The van der Waals surface area contributed by atoms with Crippen molar-refractivity contribution in [1.29, 1.82) is 0 Å². The number of benzene rings is 3. The number of phenols is 1. The zero-order chi connectivity index (χ0) is 23.1. The van der Waals surface area contributed by atoms with E-state index in [-0.39, 0.29) is 10.8 Å². The first-order valence-electron chi connectivity index (χ1n) is 11.1. The zero-order valence-electron chi connectivity index (χ0n) is 19.8. The molecule has 0 saturated heterocycles. The van der Waals surface area contributed by atoms with Crippen LogP contribution in [0, 0.1) is 0 Å². The van der Waals surface area contributed by atoms with Crippen LogP contribution in [0.3, 0.4) is 0 Å². The van der Waals surface area contributed by atoms with Crippen molar-refractivity contribution in [3.05, 3.63) is 90.3 Å². The zero-order valence-corrected chi connectivity index (χ0v) is 19.8. The Kier molecular flexibility index (Phi) is 5.46. The van der Waals surface area contributed by atoms with Crippen molar-refractivity contribution in [2.45, 2.75) is 52.4 Å². The van der Waals surface area contributed by atoms with E-state index in [1.165, 1.54) is 0 Å². The lowest BCUT2D eigenvalue weighted by atomic mass is 9.79. The highest BCUT2D eigenvalue weighted by Gasteiger charge is 2.28. The van der Waals surface area contributed by atoms with Crippen LogP contribution in [-0.4, -0.2) is 14.7 Å². The molecule has 3 heteroatoms. The smallest absolute Gasteiger partial charge is 0.123 e. The molecule has 32 heavy (non-hydrogen) atoms. The van der Waals surface area contributed by atoms with E-state index < -0.39 is 0 Å². The summed E-state index contributed by atoms with van der Waals surface area (Å²) in [5.74, 6) is 0.387. The molecule has 1 N–H and O–H groups in total. The van der Waals surface area contributed by atoms with E-state index in [0.717, 1.165) is 39.3 Å².